The minimum Gasteiger partial charge on any atom is -0.441 e. The van der Waals surface area contributed by atoms with Gasteiger partial charge in [0.1, 0.15) is 11.3 Å². The van der Waals surface area contributed by atoms with E-state index in [0.29, 0.717) is 5.69 Å². The second-order valence-corrected chi connectivity index (χ2v) is 9.48. The summed E-state index contributed by atoms with van der Waals surface area (Å²) in [6.07, 6.45) is 3.12. The van der Waals surface area contributed by atoms with Gasteiger partial charge in [-0.25, -0.2) is 9.78 Å². The van der Waals surface area contributed by atoms with Crippen molar-refractivity contribution in [2.75, 3.05) is 0 Å². The number of rotatable bonds is 4. The van der Waals surface area contributed by atoms with Crippen LogP contribution in [0.3, 0.4) is 0 Å². The quantitative estimate of drug-likeness (QED) is 0.803. The maximum absolute atomic E-state index is 12.7. The number of hydrogen-bond acceptors (Lipinski definition) is 5. The first-order chi connectivity index (χ1) is 13.8. The molecule has 154 valence electrons. The number of hydrogen-bond donors (Lipinski definition) is 1. The first-order valence-electron chi connectivity index (χ1n) is 10.1. The highest BCUT2D eigenvalue weighted by molar-refractivity contribution is 7.09. The second-order valence-electron chi connectivity index (χ2n) is 8.42. The maximum atomic E-state index is 12.7. The summed E-state index contributed by atoms with van der Waals surface area (Å²) in [5.74, 6) is -0.110. The molecule has 0 unspecified atom stereocenters. The van der Waals surface area contributed by atoms with E-state index in [0.717, 1.165) is 36.3 Å². The largest absolute Gasteiger partial charge is 0.441 e. The Morgan fingerprint density at radius 1 is 1.21 bits per heavy atom. The van der Waals surface area contributed by atoms with Crippen LogP contribution in [0.1, 0.15) is 66.6 Å². The van der Waals surface area contributed by atoms with Gasteiger partial charge in [0.25, 0.3) is 5.91 Å². The molecule has 2 heterocycles. The number of nitrogens with zero attached hydrogens (tertiary/aromatic N) is 2. The minimum atomic E-state index is -0.577. The van der Waals surface area contributed by atoms with Gasteiger partial charge in [0, 0.05) is 17.5 Å². The fourth-order valence-corrected chi connectivity index (χ4v) is 5.15. The van der Waals surface area contributed by atoms with Crippen molar-refractivity contribution in [1.29, 1.82) is 0 Å². The summed E-state index contributed by atoms with van der Waals surface area (Å²) in [6, 6.07) is 10.2. The van der Waals surface area contributed by atoms with Gasteiger partial charge in [-0.05, 0) is 52.0 Å². The van der Waals surface area contributed by atoms with Gasteiger partial charge in [-0.2, -0.15) is 0 Å². The van der Waals surface area contributed by atoms with Gasteiger partial charge in [0.15, 0.2) is 0 Å². The van der Waals surface area contributed by atoms with Crippen molar-refractivity contribution in [3.63, 3.8) is 0 Å². The summed E-state index contributed by atoms with van der Waals surface area (Å²) in [4.78, 5) is 31.3. The SMILES string of the molecule is Cc1nc(C(=O)N[C@H]2CC[C@H](N3C(=O)OC(C)(C)[C@@H]3c3ccccc3)CC2)cs1. The lowest BCUT2D eigenvalue weighted by atomic mass is 9.86. The van der Waals surface area contributed by atoms with Crippen LogP contribution in [0.4, 0.5) is 4.79 Å². The van der Waals surface area contributed by atoms with Crippen LogP contribution < -0.4 is 5.32 Å². The third-order valence-electron chi connectivity index (χ3n) is 5.89. The number of aromatic nitrogens is 1. The van der Waals surface area contributed by atoms with Crippen LogP contribution in [-0.2, 0) is 4.74 Å². The Labute approximate surface area is 175 Å². The van der Waals surface area contributed by atoms with Crippen molar-refractivity contribution in [2.45, 2.75) is 70.2 Å². The van der Waals surface area contributed by atoms with Gasteiger partial charge in [-0.1, -0.05) is 30.3 Å². The monoisotopic (exact) mass is 413 g/mol. The highest BCUT2D eigenvalue weighted by atomic mass is 32.1. The molecule has 0 radical (unpaired) electrons. The molecule has 2 aliphatic rings. The number of nitrogens with one attached hydrogen (secondary N) is 1. The summed E-state index contributed by atoms with van der Waals surface area (Å²) in [6.45, 7) is 5.85. The molecule has 4 rings (SSSR count). The summed E-state index contributed by atoms with van der Waals surface area (Å²) < 4.78 is 5.74. The average Bonchev–Trinajstić information content (AvgIpc) is 3.23. The summed E-state index contributed by atoms with van der Waals surface area (Å²) in [7, 11) is 0. The Balaban J connectivity index is 1.43. The van der Waals surface area contributed by atoms with E-state index in [1.807, 2.05) is 43.9 Å². The molecule has 1 aromatic heterocycles. The van der Waals surface area contributed by atoms with Crippen LogP contribution in [0, 0.1) is 6.92 Å². The first kappa shape index (κ1) is 19.9. The summed E-state index contributed by atoms with van der Waals surface area (Å²) in [5.41, 5.74) is 1.01. The van der Waals surface area contributed by atoms with Gasteiger partial charge in [0.2, 0.25) is 0 Å². The predicted molar refractivity (Wildman–Crippen MR) is 112 cm³/mol. The van der Waals surface area contributed by atoms with E-state index in [1.165, 1.54) is 11.3 Å². The number of cyclic esters (lactones) is 1. The zero-order valence-corrected chi connectivity index (χ0v) is 17.9. The zero-order chi connectivity index (χ0) is 20.6. The molecule has 6 nitrogen and oxygen atoms in total. The Bertz CT molecular complexity index is 888. The lowest BCUT2D eigenvalue weighted by Gasteiger charge is -2.38. The maximum Gasteiger partial charge on any atom is 0.411 e. The molecular formula is C22H27N3O3S. The Morgan fingerprint density at radius 3 is 2.52 bits per heavy atom. The van der Waals surface area contributed by atoms with E-state index < -0.39 is 5.60 Å². The smallest absolute Gasteiger partial charge is 0.411 e. The topological polar surface area (TPSA) is 71.5 Å². The van der Waals surface area contributed by atoms with Crippen molar-refractivity contribution in [3.8, 4) is 0 Å². The van der Waals surface area contributed by atoms with Gasteiger partial charge in [0.05, 0.1) is 11.0 Å². The van der Waals surface area contributed by atoms with Gasteiger partial charge in [-0.15, -0.1) is 11.3 Å². The highest BCUT2D eigenvalue weighted by Crippen LogP contribution is 2.44. The Morgan fingerprint density at radius 2 is 1.90 bits per heavy atom. The number of amides is 2. The number of benzene rings is 1. The standard InChI is InChI=1S/C22H27N3O3S/c1-14-23-18(13-29-14)20(26)24-16-9-11-17(12-10-16)25-19(15-7-5-4-6-8-15)22(2,3)28-21(25)27/h4-8,13,16-17,19H,9-12H2,1-3H3,(H,24,26)/t16-,17-,19-/m0/s1. The predicted octanol–water partition coefficient (Wildman–Crippen LogP) is 4.46. The third kappa shape index (κ3) is 4.01. The van der Waals surface area contributed by atoms with Crippen molar-refractivity contribution in [1.82, 2.24) is 15.2 Å². The number of thiazole rings is 1. The van der Waals surface area contributed by atoms with Crippen molar-refractivity contribution in [2.24, 2.45) is 0 Å². The molecular weight excluding hydrogens is 386 g/mol. The van der Waals surface area contributed by atoms with Crippen molar-refractivity contribution < 1.29 is 14.3 Å². The Hall–Kier alpha value is -2.41. The third-order valence-corrected chi connectivity index (χ3v) is 6.66. The van der Waals surface area contributed by atoms with Crippen LogP contribution in [0.5, 0.6) is 0 Å². The van der Waals surface area contributed by atoms with E-state index >= 15 is 0 Å². The molecule has 2 fully saturated rings. The molecule has 7 heteroatoms. The van der Waals surface area contributed by atoms with Crippen molar-refractivity contribution >= 4 is 23.3 Å². The fourth-order valence-electron chi connectivity index (χ4n) is 4.56. The Kier molecular flexibility index (Phi) is 5.34. The number of ether oxygens (including phenoxy) is 1. The van der Waals surface area contributed by atoms with E-state index in [2.05, 4.69) is 22.4 Å². The molecule has 0 bridgehead atoms. The number of aryl methyl sites for hydroxylation is 1. The molecule has 1 saturated heterocycles. The molecule has 2 amide bonds. The zero-order valence-electron chi connectivity index (χ0n) is 17.1. The molecule has 1 saturated carbocycles. The van der Waals surface area contributed by atoms with E-state index in [-0.39, 0.29) is 30.1 Å². The molecule has 2 aromatic rings. The summed E-state index contributed by atoms with van der Waals surface area (Å²) in [5, 5.41) is 5.79. The lowest BCUT2D eigenvalue weighted by Crippen LogP contribution is -2.46. The molecule has 1 aromatic carbocycles. The normalized spacial score (nSPS) is 26.2. The van der Waals surface area contributed by atoms with Gasteiger partial charge >= 0.3 is 6.09 Å². The number of carbonyl (C=O) groups excluding carboxylic acids is 2. The molecule has 1 atom stereocenters. The van der Waals surface area contributed by atoms with Crippen LogP contribution in [0.15, 0.2) is 35.7 Å². The molecule has 1 N–H and O–H groups in total. The van der Waals surface area contributed by atoms with E-state index in [1.54, 1.807) is 5.38 Å². The molecule has 29 heavy (non-hydrogen) atoms. The van der Waals surface area contributed by atoms with Crippen LogP contribution in [0.2, 0.25) is 0 Å². The lowest BCUT2D eigenvalue weighted by molar-refractivity contribution is 0.0663. The van der Waals surface area contributed by atoms with Crippen LogP contribution in [0.25, 0.3) is 0 Å². The first-order valence-corrected chi connectivity index (χ1v) is 11.0. The van der Waals surface area contributed by atoms with E-state index in [4.69, 9.17) is 4.74 Å². The van der Waals surface area contributed by atoms with Gasteiger partial charge < -0.3 is 10.1 Å². The average molecular weight is 414 g/mol. The van der Waals surface area contributed by atoms with Gasteiger partial charge in [-0.3, -0.25) is 9.69 Å². The highest BCUT2D eigenvalue weighted by Gasteiger charge is 2.51. The minimum absolute atomic E-state index is 0.106. The second kappa shape index (κ2) is 7.78. The van der Waals surface area contributed by atoms with Crippen molar-refractivity contribution in [3.05, 3.63) is 52.0 Å². The molecule has 1 aliphatic carbocycles. The van der Waals surface area contributed by atoms with Crippen LogP contribution >= 0.6 is 11.3 Å². The van der Waals surface area contributed by atoms with E-state index in [9.17, 15) is 9.59 Å². The molecule has 1 aliphatic heterocycles. The van der Waals surface area contributed by atoms with Crippen LogP contribution in [-0.4, -0.2) is 39.6 Å². The summed E-state index contributed by atoms with van der Waals surface area (Å²) >= 11 is 1.48. The number of carbonyl (C=O) groups is 2. The molecule has 0 spiro atoms. The fraction of sp³-hybridized carbons (Fsp3) is 0.500.